The van der Waals surface area contributed by atoms with Crippen LogP contribution in [0.2, 0.25) is 0 Å². The van der Waals surface area contributed by atoms with Crippen LogP contribution in [0.25, 0.3) is 10.9 Å². The van der Waals surface area contributed by atoms with Crippen molar-refractivity contribution in [2.75, 3.05) is 0 Å². The van der Waals surface area contributed by atoms with Crippen molar-refractivity contribution in [1.29, 1.82) is 0 Å². The summed E-state index contributed by atoms with van der Waals surface area (Å²) in [6.45, 7) is 6.99. The van der Waals surface area contributed by atoms with E-state index in [0.29, 0.717) is 22.2 Å². The van der Waals surface area contributed by atoms with E-state index in [-0.39, 0.29) is 18.3 Å². The summed E-state index contributed by atoms with van der Waals surface area (Å²) in [4.78, 5) is 25.2. The van der Waals surface area contributed by atoms with Crippen LogP contribution in [0.5, 0.6) is 5.75 Å². The van der Waals surface area contributed by atoms with Crippen molar-refractivity contribution >= 4 is 16.8 Å². The highest BCUT2D eigenvalue weighted by Gasteiger charge is 2.31. The number of aryl methyl sites for hydroxylation is 1. The van der Waals surface area contributed by atoms with Gasteiger partial charge in [-0.3, -0.25) is 14.3 Å². The van der Waals surface area contributed by atoms with Crippen molar-refractivity contribution in [3.05, 3.63) is 52.1 Å². The zero-order valence-electron chi connectivity index (χ0n) is 17.4. The first kappa shape index (κ1) is 22.3. The quantitative estimate of drug-likeness (QED) is 0.639. The van der Waals surface area contributed by atoms with Crippen LogP contribution in [0.3, 0.4) is 0 Å². The van der Waals surface area contributed by atoms with Gasteiger partial charge in [-0.15, -0.1) is 13.2 Å². The summed E-state index contributed by atoms with van der Waals surface area (Å²) < 4.78 is 43.4. The molecular weight excluding hydrogens is 415 g/mol. The van der Waals surface area contributed by atoms with Gasteiger partial charge in [0, 0.05) is 6.04 Å². The number of carbonyl (C=O) groups excluding carboxylic acids is 1. The molecule has 2 aromatic heterocycles. The molecule has 8 nitrogen and oxygen atoms in total. The van der Waals surface area contributed by atoms with Crippen molar-refractivity contribution in [3.63, 3.8) is 0 Å². The van der Waals surface area contributed by atoms with Gasteiger partial charge in [0.2, 0.25) is 5.91 Å². The molecule has 1 aromatic carbocycles. The lowest BCUT2D eigenvalue weighted by atomic mass is 10.1. The molecule has 0 aliphatic carbocycles. The van der Waals surface area contributed by atoms with Crippen LogP contribution in [0, 0.1) is 6.92 Å². The Hall–Kier alpha value is -3.37. The first-order valence-corrected chi connectivity index (χ1v) is 9.56. The molecule has 0 saturated carbocycles. The van der Waals surface area contributed by atoms with E-state index in [0.717, 1.165) is 4.68 Å². The molecule has 0 fully saturated rings. The van der Waals surface area contributed by atoms with E-state index in [1.165, 1.54) is 30.5 Å². The predicted octanol–water partition coefficient (Wildman–Crippen LogP) is 3.26. The van der Waals surface area contributed by atoms with E-state index in [2.05, 4.69) is 20.3 Å². The maximum Gasteiger partial charge on any atom is 0.573 e. The largest absolute Gasteiger partial charge is 0.573 e. The molecule has 0 radical (unpaired) electrons. The second-order valence-electron chi connectivity index (χ2n) is 7.40. The average molecular weight is 437 g/mol. The zero-order chi connectivity index (χ0) is 22.9. The molecule has 0 bridgehead atoms. The number of alkyl halides is 3. The number of aromatic nitrogens is 4. The summed E-state index contributed by atoms with van der Waals surface area (Å²) >= 11 is 0. The Labute approximate surface area is 175 Å². The lowest BCUT2D eigenvalue weighted by Gasteiger charge is -2.16. The Kier molecular flexibility index (Phi) is 6.05. The molecule has 3 rings (SSSR count). The monoisotopic (exact) mass is 437 g/mol. The Balaban J connectivity index is 1.73. The summed E-state index contributed by atoms with van der Waals surface area (Å²) in [5, 5.41) is 11.6. The third kappa shape index (κ3) is 5.04. The summed E-state index contributed by atoms with van der Waals surface area (Å²) in [6.07, 6.45) is -3.31. The zero-order valence-corrected chi connectivity index (χ0v) is 17.4. The van der Waals surface area contributed by atoms with Crippen molar-refractivity contribution in [2.24, 2.45) is 0 Å². The van der Waals surface area contributed by atoms with Crippen molar-refractivity contribution < 1.29 is 22.7 Å². The number of nitrogens with zero attached hydrogens (tertiary/aromatic N) is 4. The molecule has 2 heterocycles. The van der Waals surface area contributed by atoms with E-state index in [4.69, 9.17) is 0 Å². The lowest BCUT2D eigenvalue weighted by Crippen LogP contribution is -2.35. The fourth-order valence-corrected chi connectivity index (χ4v) is 3.26. The maximum atomic E-state index is 12.7. The van der Waals surface area contributed by atoms with Gasteiger partial charge in [0.05, 0.1) is 28.8 Å². The number of rotatable bonds is 6. The number of nitrogens with one attached hydrogen (secondary N) is 1. The number of benzene rings is 1. The molecule has 0 spiro atoms. The Morgan fingerprint density at radius 1 is 1.19 bits per heavy atom. The van der Waals surface area contributed by atoms with E-state index in [1.54, 1.807) is 18.5 Å². The van der Waals surface area contributed by atoms with Gasteiger partial charge in [0.1, 0.15) is 12.3 Å². The van der Waals surface area contributed by atoms with E-state index in [1.807, 2.05) is 13.8 Å². The van der Waals surface area contributed by atoms with Gasteiger partial charge >= 0.3 is 6.36 Å². The highest BCUT2D eigenvalue weighted by molar-refractivity contribution is 5.80. The first-order chi connectivity index (χ1) is 14.5. The second kappa shape index (κ2) is 8.40. The van der Waals surface area contributed by atoms with Crippen LogP contribution >= 0.6 is 0 Å². The molecule has 1 atom stereocenters. The molecule has 1 amide bonds. The molecule has 1 N–H and O–H groups in total. The van der Waals surface area contributed by atoms with Gasteiger partial charge in [0.25, 0.3) is 5.56 Å². The Morgan fingerprint density at radius 2 is 1.84 bits per heavy atom. The van der Waals surface area contributed by atoms with Crippen LogP contribution in [0.15, 0.2) is 35.3 Å². The number of hydrogen-bond donors (Lipinski definition) is 1. The number of ether oxygens (including phenoxy) is 1. The fourth-order valence-electron chi connectivity index (χ4n) is 3.26. The molecule has 0 saturated heterocycles. The van der Waals surface area contributed by atoms with Crippen molar-refractivity contribution in [1.82, 2.24) is 24.9 Å². The van der Waals surface area contributed by atoms with E-state index < -0.39 is 23.9 Å². The average Bonchev–Trinajstić information content (AvgIpc) is 3.11. The predicted molar refractivity (Wildman–Crippen MR) is 107 cm³/mol. The van der Waals surface area contributed by atoms with Crippen molar-refractivity contribution in [3.8, 4) is 5.75 Å². The minimum atomic E-state index is -4.77. The summed E-state index contributed by atoms with van der Waals surface area (Å²) in [5.74, 6) is -0.816. The van der Waals surface area contributed by atoms with Gasteiger partial charge in [-0.05, 0) is 45.4 Å². The molecule has 11 heteroatoms. The third-order valence-corrected chi connectivity index (χ3v) is 4.65. The standard InChI is InChI=1S/C20H22F3N5O3/c1-11(2)28-18-13(4)26-27(19(30)16(18)9-24-28)10-17(29)25-12(3)14-5-7-15(8-6-14)31-20(21,22)23/h5-9,11-12H,10H2,1-4H3,(H,25,29)/t12-/m0/s1. The van der Waals surface area contributed by atoms with Gasteiger partial charge in [-0.2, -0.15) is 10.2 Å². The molecule has 0 aliphatic rings. The van der Waals surface area contributed by atoms with Crippen molar-refractivity contribution in [2.45, 2.75) is 52.7 Å². The normalized spacial score (nSPS) is 12.9. The minimum absolute atomic E-state index is 0.0466. The van der Waals surface area contributed by atoms with Crippen LogP contribution in [0.1, 0.15) is 44.1 Å². The molecule has 31 heavy (non-hydrogen) atoms. The SMILES string of the molecule is Cc1nn(CC(=O)N[C@@H](C)c2ccc(OC(F)(F)F)cc2)c(=O)c2cnn(C(C)C)c12. The topological polar surface area (TPSA) is 91.0 Å². The molecule has 0 aliphatic heterocycles. The van der Waals surface area contributed by atoms with Gasteiger partial charge in [-0.1, -0.05) is 12.1 Å². The van der Waals surface area contributed by atoms with E-state index in [9.17, 15) is 22.8 Å². The Bertz CT molecular complexity index is 1150. The van der Waals surface area contributed by atoms with Gasteiger partial charge < -0.3 is 10.1 Å². The smallest absolute Gasteiger partial charge is 0.406 e. The fraction of sp³-hybridized carbons (Fsp3) is 0.400. The van der Waals surface area contributed by atoms with E-state index >= 15 is 0 Å². The molecule has 166 valence electrons. The van der Waals surface area contributed by atoms with Gasteiger partial charge in [0.15, 0.2) is 0 Å². The summed E-state index contributed by atoms with van der Waals surface area (Å²) in [5.41, 5.74) is 1.35. The van der Waals surface area contributed by atoms with Crippen LogP contribution in [-0.4, -0.2) is 31.8 Å². The third-order valence-electron chi connectivity index (χ3n) is 4.65. The number of amides is 1. The first-order valence-electron chi connectivity index (χ1n) is 9.56. The van der Waals surface area contributed by atoms with Crippen LogP contribution in [0.4, 0.5) is 13.2 Å². The van der Waals surface area contributed by atoms with Gasteiger partial charge in [-0.25, -0.2) is 4.68 Å². The molecule has 0 unspecified atom stereocenters. The summed E-state index contributed by atoms with van der Waals surface area (Å²) in [6, 6.07) is 4.73. The number of halogens is 3. The number of hydrogen-bond acceptors (Lipinski definition) is 5. The molecular formula is C20H22F3N5O3. The molecule has 3 aromatic rings. The second-order valence-corrected chi connectivity index (χ2v) is 7.40. The number of fused-ring (bicyclic) bond motifs is 1. The number of carbonyl (C=O) groups is 1. The lowest BCUT2D eigenvalue weighted by molar-refractivity contribution is -0.274. The highest BCUT2D eigenvalue weighted by Crippen LogP contribution is 2.24. The van der Waals surface area contributed by atoms with Crippen LogP contribution < -0.4 is 15.6 Å². The minimum Gasteiger partial charge on any atom is -0.406 e. The summed E-state index contributed by atoms with van der Waals surface area (Å²) in [7, 11) is 0. The maximum absolute atomic E-state index is 12.7. The van der Waals surface area contributed by atoms with Crippen LogP contribution in [-0.2, 0) is 11.3 Å². The Morgan fingerprint density at radius 3 is 2.42 bits per heavy atom. The highest BCUT2D eigenvalue weighted by atomic mass is 19.4.